The first kappa shape index (κ1) is 23.5. The minimum Gasteiger partial charge on any atom is -0.350 e. The van der Waals surface area contributed by atoms with Crippen molar-refractivity contribution in [3.05, 3.63) is 95.1 Å². The molecule has 32 heavy (non-hydrogen) atoms. The van der Waals surface area contributed by atoms with E-state index in [1.165, 1.54) is 0 Å². The highest BCUT2D eigenvalue weighted by Crippen LogP contribution is 2.20. The lowest BCUT2D eigenvalue weighted by Crippen LogP contribution is -2.34. The van der Waals surface area contributed by atoms with E-state index in [9.17, 15) is 13.2 Å². The number of nitrogens with zero attached hydrogens (tertiary/aromatic N) is 1. The Hall–Kier alpha value is -3.16. The summed E-state index contributed by atoms with van der Waals surface area (Å²) in [6, 6.07) is 21.5. The van der Waals surface area contributed by atoms with Gasteiger partial charge in [0.2, 0.25) is 0 Å². The van der Waals surface area contributed by atoms with Gasteiger partial charge in [-0.05, 0) is 81.0 Å². The minimum absolute atomic E-state index is 0.0456. The molecule has 2 N–H and O–H groups in total. The lowest BCUT2D eigenvalue weighted by molar-refractivity contribution is 0.0942. The van der Waals surface area contributed by atoms with Crippen molar-refractivity contribution in [1.82, 2.24) is 10.2 Å². The summed E-state index contributed by atoms with van der Waals surface area (Å²) in [5, 5.41) is 2.96. The molecule has 1 atom stereocenters. The van der Waals surface area contributed by atoms with Crippen LogP contribution in [0, 0.1) is 13.8 Å². The molecule has 3 rings (SSSR count). The van der Waals surface area contributed by atoms with Gasteiger partial charge < -0.3 is 10.2 Å². The van der Waals surface area contributed by atoms with Crippen LogP contribution in [0.4, 0.5) is 5.69 Å². The first-order valence-corrected chi connectivity index (χ1v) is 11.9. The molecule has 7 heteroatoms. The van der Waals surface area contributed by atoms with Crippen LogP contribution in [0.15, 0.2) is 77.7 Å². The highest BCUT2D eigenvalue weighted by molar-refractivity contribution is 7.92. The number of likely N-dealkylation sites (N-methyl/N-ethyl adjacent to an activating group) is 1. The molecule has 1 unspecified atom stereocenters. The lowest BCUT2D eigenvalue weighted by Gasteiger charge is -2.25. The Morgan fingerprint density at radius 1 is 0.906 bits per heavy atom. The Morgan fingerprint density at radius 2 is 1.56 bits per heavy atom. The zero-order valence-corrected chi connectivity index (χ0v) is 19.6. The Labute approximate surface area is 190 Å². The summed E-state index contributed by atoms with van der Waals surface area (Å²) < 4.78 is 27.9. The van der Waals surface area contributed by atoms with Gasteiger partial charge in [0.15, 0.2) is 0 Å². The van der Waals surface area contributed by atoms with Gasteiger partial charge in [0.1, 0.15) is 0 Å². The maximum atomic E-state index is 12.7. The van der Waals surface area contributed by atoms with Crippen molar-refractivity contribution in [3.63, 3.8) is 0 Å². The summed E-state index contributed by atoms with van der Waals surface area (Å²) in [5.41, 5.74) is 3.92. The van der Waals surface area contributed by atoms with Crippen LogP contribution in [0.1, 0.15) is 33.1 Å². The van der Waals surface area contributed by atoms with E-state index < -0.39 is 10.0 Å². The van der Waals surface area contributed by atoms with Crippen molar-refractivity contribution >= 4 is 21.6 Å². The highest BCUT2D eigenvalue weighted by Gasteiger charge is 2.17. The minimum atomic E-state index is -3.70. The summed E-state index contributed by atoms with van der Waals surface area (Å²) in [5.74, 6) is -0.212. The van der Waals surface area contributed by atoms with Gasteiger partial charge in [-0.1, -0.05) is 36.4 Å². The van der Waals surface area contributed by atoms with Crippen LogP contribution in [-0.4, -0.2) is 39.9 Å². The zero-order valence-electron chi connectivity index (χ0n) is 18.8. The monoisotopic (exact) mass is 451 g/mol. The van der Waals surface area contributed by atoms with E-state index in [1.807, 2.05) is 58.3 Å². The normalized spacial score (nSPS) is 12.4. The molecule has 0 saturated carbocycles. The number of carbonyl (C=O) groups excluding carboxylic acids is 1. The molecule has 0 heterocycles. The number of hydrogen-bond donors (Lipinski definition) is 2. The second-order valence-corrected chi connectivity index (χ2v) is 9.71. The number of sulfonamides is 1. The molecule has 0 aliphatic heterocycles. The highest BCUT2D eigenvalue weighted by atomic mass is 32.2. The van der Waals surface area contributed by atoms with Crippen LogP contribution < -0.4 is 10.0 Å². The topological polar surface area (TPSA) is 78.5 Å². The Morgan fingerprint density at radius 3 is 2.16 bits per heavy atom. The van der Waals surface area contributed by atoms with Crippen LogP contribution in [0.5, 0.6) is 0 Å². The van der Waals surface area contributed by atoms with Gasteiger partial charge in [0.25, 0.3) is 15.9 Å². The molecule has 0 bridgehead atoms. The average Bonchev–Trinajstić information content (AvgIpc) is 2.76. The number of nitrogens with one attached hydrogen (secondary N) is 2. The second-order valence-electron chi connectivity index (χ2n) is 8.03. The van der Waals surface area contributed by atoms with Gasteiger partial charge in [-0.3, -0.25) is 9.52 Å². The van der Waals surface area contributed by atoms with Crippen LogP contribution in [-0.2, 0) is 10.0 Å². The number of amides is 1. The Kier molecular flexibility index (Phi) is 7.33. The molecule has 0 aromatic heterocycles. The van der Waals surface area contributed by atoms with Gasteiger partial charge in [0.05, 0.1) is 10.9 Å². The Balaban J connectivity index is 1.65. The van der Waals surface area contributed by atoms with E-state index in [1.54, 1.807) is 42.5 Å². The van der Waals surface area contributed by atoms with E-state index in [0.29, 0.717) is 17.8 Å². The molecule has 3 aromatic carbocycles. The predicted octanol–water partition coefficient (Wildman–Crippen LogP) is 4.14. The molecule has 0 saturated heterocycles. The summed E-state index contributed by atoms with van der Waals surface area (Å²) >= 11 is 0. The molecule has 0 radical (unpaired) electrons. The number of benzene rings is 3. The van der Waals surface area contributed by atoms with Crippen LogP contribution >= 0.6 is 0 Å². The van der Waals surface area contributed by atoms with Gasteiger partial charge in [-0.15, -0.1) is 0 Å². The van der Waals surface area contributed by atoms with E-state index in [2.05, 4.69) is 14.9 Å². The lowest BCUT2D eigenvalue weighted by atomic mass is 10.1. The third-order valence-corrected chi connectivity index (χ3v) is 6.83. The molecule has 0 fully saturated rings. The first-order valence-electron chi connectivity index (χ1n) is 10.4. The van der Waals surface area contributed by atoms with Crippen LogP contribution in [0.3, 0.4) is 0 Å². The predicted molar refractivity (Wildman–Crippen MR) is 128 cm³/mol. The third-order valence-electron chi connectivity index (χ3n) is 5.45. The fourth-order valence-electron chi connectivity index (χ4n) is 3.35. The van der Waals surface area contributed by atoms with Crippen LogP contribution in [0.25, 0.3) is 0 Å². The fourth-order valence-corrected chi connectivity index (χ4v) is 4.49. The SMILES string of the molecule is Cc1ccc(S(=O)(=O)Nc2ccc(C(=O)NCC(c3ccccc3)N(C)C)cc2)cc1C. The summed E-state index contributed by atoms with van der Waals surface area (Å²) in [6.45, 7) is 4.26. The van der Waals surface area contributed by atoms with Crippen molar-refractivity contribution in [2.75, 3.05) is 25.4 Å². The van der Waals surface area contributed by atoms with E-state index >= 15 is 0 Å². The van der Waals surface area contributed by atoms with Gasteiger partial charge in [-0.25, -0.2) is 8.42 Å². The second kappa shape index (κ2) is 9.97. The first-order chi connectivity index (χ1) is 15.2. The number of rotatable bonds is 8. The van der Waals surface area contributed by atoms with Crippen molar-refractivity contribution < 1.29 is 13.2 Å². The number of aryl methyl sites for hydroxylation is 2. The summed E-state index contributed by atoms with van der Waals surface area (Å²) in [7, 11) is 0.242. The van der Waals surface area contributed by atoms with Crippen molar-refractivity contribution in [3.8, 4) is 0 Å². The molecular formula is C25H29N3O3S. The maximum absolute atomic E-state index is 12.7. The van der Waals surface area contributed by atoms with Crippen molar-refractivity contribution in [2.45, 2.75) is 24.8 Å². The van der Waals surface area contributed by atoms with Gasteiger partial charge in [0, 0.05) is 17.8 Å². The molecule has 0 spiro atoms. The van der Waals surface area contributed by atoms with Gasteiger partial charge in [-0.2, -0.15) is 0 Å². The molecule has 0 aliphatic rings. The van der Waals surface area contributed by atoms with E-state index in [4.69, 9.17) is 0 Å². The maximum Gasteiger partial charge on any atom is 0.261 e. The van der Waals surface area contributed by atoms with Crippen molar-refractivity contribution in [2.24, 2.45) is 0 Å². The fraction of sp³-hybridized carbons (Fsp3) is 0.240. The quantitative estimate of drug-likeness (QED) is 0.540. The standard InChI is InChI=1S/C25H29N3O3S/c1-18-10-15-23(16-19(18)2)32(30,31)27-22-13-11-21(12-14-22)25(29)26-17-24(28(3)4)20-8-6-5-7-9-20/h5-16,24,27H,17H2,1-4H3,(H,26,29). The van der Waals surface area contributed by atoms with Crippen molar-refractivity contribution in [1.29, 1.82) is 0 Å². The molecule has 1 amide bonds. The molecule has 168 valence electrons. The number of hydrogen-bond acceptors (Lipinski definition) is 4. The van der Waals surface area contributed by atoms with E-state index in [-0.39, 0.29) is 16.8 Å². The largest absolute Gasteiger partial charge is 0.350 e. The number of anilines is 1. The third kappa shape index (κ3) is 5.75. The smallest absolute Gasteiger partial charge is 0.261 e. The number of carbonyl (C=O) groups is 1. The Bertz CT molecular complexity index is 1170. The average molecular weight is 452 g/mol. The molecular weight excluding hydrogens is 422 g/mol. The molecule has 0 aliphatic carbocycles. The van der Waals surface area contributed by atoms with Gasteiger partial charge >= 0.3 is 0 Å². The molecule has 3 aromatic rings. The molecule has 6 nitrogen and oxygen atoms in total. The summed E-state index contributed by atoms with van der Waals surface area (Å²) in [4.78, 5) is 14.9. The van der Waals surface area contributed by atoms with E-state index in [0.717, 1.165) is 16.7 Å². The summed E-state index contributed by atoms with van der Waals surface area (Å²) in [6.07, 6.45) is 0. The zero-order chi connectivity index (χ0) is 23.3. The van der Waals surface area contributed by atoms with Crippen LogP contribution in [0.2, 0.25) is 0 Å².